The number of amides is 1. The normalized spacial score (nSPS) is 20.8. The lowest BCUT2D eigenvalue weighted by atomic mass is 9.84. The fraction of sp³-hybridized carbons (Fsp3) is 0.524. The number of allylic oxidation sites excluding steroid dienone is 4. The maximum atomic E-state index is 13.4. The molecule has 1 fully saturated rings. The topological polar surface area (TPSA) is 68.3 Å². The van der Waals surface area contributed by atoms with Gasteiger partial charge in [0.2, 0.25) is 0 Å². The molecule has 29 heavy (non-hydrogen) atoms. The van der Waals surface area contributed by atoms with Crippen molar-refractivity contribution in [2.45, 2.75) is 39.2 Å². The van der Waals surface area contributed by atoms with Gasteiger partial charge in [-0.25, -0.2) is 4.79 Å². The average molecular weight is 425 g/mol. The molecule has 0 bridgehead atoms. The van der Waals surface area contributed by atoms with E-state index < -0.39 is 11.7 Å². The van der Waals surface area contributed by atoms with E-state index in [4.69, 9.17) is 25.9 Å². The molecule has 0 aromatic carbocycles. The van der Waals surface area contributed by atoms with Crippen molar-refractivity contribution in [3.8, 4) is 0 Å². The first-order chi connectivity index (χ1) is 13.8. The number of ether oxygens (including phenoxy) is 2. The van der Waals surface area contributed by atoms with Crippen molar-refractivity contribution in [1.82, 2.24) is 9.96 Å². The Morgan fingerprint density at radius 1 is 1.34 bits per heavy atom. The van der Waals surface area contributed by atoms with Crippen LogP contribution in [-0.2, 0) is 19.1 Å². The quantitative estimate of drug-likeness (QED) is 0.475. The van der Waals surface area contributed by atoms with Gasteiger partial charge in [-0.1, -0.05) is 30.3 Å². The molecule has 2 heterocycles. The van der Waals surface area contributed by atoms with Crippen LogP contribution in [0, 0.1) is 0 Å². The van der Waals surface area contributed by atoms with E-state index in [1.807, 2.05) is 12.0 Å². The Morgan fingerprint density at radius 2 is 1.97 bits per heavy atom. The Balaban J connectivity index is 2.71. The van der Waals surface area contributed by atoms with E-state index in [1.165, 1.54) is 0 Å². The Labute approximate surface area is 177 Å². The number of rotatable bonds is 6. The average Bonchev–Trinajstić information content (AvgIpc) is 2.91. The first-order valence-electron chi connectivity index (χ1n) is 9.59. The predicted octanol–water partition coefficient (Wildman–Crippen LogP) is 3.93. The van der Waals surface area contributed by atoms with Crippen LogP contribution in [0.3, 0.4) is 0 Å². The Kier molecular flexibility index (Phi) is 7.68. The zero-order valence-corrected chi connectivity index (χ0v) is 18.5. The fourth-order valence-corrected chi connectivity index (χ4v) is 4.04. The monoisotopic (exact) mass is 424 g/mol. The molecule has 2 rings (SSSR count). The van der Waals surface area contributed by atoms with Crippen molar-refractivity contribution < 1.29 is 23.9 Å². The molecule has 0 aliphatic carbocycles. The molecule has 1 amide bonds. The summed E-state index contributed by atoms with van der Waals surface area (Å²) in [6, 6.07) is 0. The van der Waals surface area contributed by atoms with Gasteiger partial charge in [0.25, 0.3) is 5.91 Å². The molecule has 8 heteroatoms. The van der Waals surface area contributed by atoms with E-state index in [2.05, 4.69) is 6.58 Å². The maximum absolute atomic E-state index is 13.4. The molecule has 0 aromatic heterocycles. The highest BCUT2D eigenvalue weighted by atomic mass is 35.5. The summed E-state index contributed by atoms with van der Waals surface area (Å²) in [5, 5.41) is 2.20. The van der Waals surface area contributed by atoms with E-state index >= 15 is 0 Å². The molecule has 0 radical (unpaired) electrons. The van der Waals surface area contributed by atoms with Gasteiger partial charge in [0.1, 0.15) is 5.54 Å². The van der Waals surface area contributed by atoms with Crippen LogP contribution in [0.25, 0.3) is 0 Å². The van der Waals surface area contributed by atoms with Crippen LogP contribution in [0.4, 0.5) is 4.79 Å². The van der Waals surface area contributed by atoms with Gasteiger partial charge < -0.3 is 19.2 Å². The minimum atomic E-state index is -0.844. The first-order valence-corrected chi connectivity index (χ1v) is 9.97. The zero-order valence-electron chi connectivity index (χ0n) is 17.7. The SMILES string of the molecule is C=C/C(C)=C(C1=C(OC(=O)OCC)C2(CCN(OC)CC2)N(C)C1=O)\C(Cl)=C/C. The summed E-state index contributed by atoms with van der Waals surface area (Å²) in [5.41, 5.74) is 0.700. The number of hydrogen-bond acceptors (Lipinski definition) is 6. The number of piperidine rings is 1. The van der Waals surface area contributed by atoms with Crippen molar-refractivity contribution >= 4 is 23.7 Å². The summed E-state index contributed by atoms with van der Waals surface area (Å²) in [6.45, 7) is 10.4. The molecule has 160 valence electrons. The molecule has 0 N–H and O–H groups in total. The summed E-state index contributed by atoms with van der Waals surface area (Å²) in [6.07, 6.45) is 3.56. The molecule has 2 aliphatic heterocycles. The van der Waals surface area contributed by atoms with Gasteiger partial charge in [-0.15, -0.1) is 0 Å². The van der Waals surface area contributed by atoms with E-state index in [-0.39, 0.29) is 23.8 Å². The Morgan fingerprint density at radius 3 is 2.45 bits per heavy atom. The van der Waals surface area contributed by atoms with Crippen LogP contribution >= 0.6 is 11.6 Å². The van der Waals surface area contributed by atoms with E-state index in [9.17, 15) is 9.59 Å². The van der Waals surface area contributed by atoms with Crippen LogP contribution < -0.4 is 0 Å². The van der Waals surface area contributed by atoms with Crippen molar-refractivity contribution in [3.05, 3.63) is 46.2 Å². The first kappa shape index (κ1) is 23.2. The van der Waals surface area contributed by atoms with Gasteiger partial charge in [-0.3, -0.25) is 4.79 Å². The van der Waals surface area contributed by atoms with Gasteiger partial charge in [0, 0.05) is 30.7 Å². The largest absolute Gasteiger partial charge is 0.513 e. The minimum Gasteiger partial charge on any atom is -0.434 e. The summed E-state index contributed by atoms with van der Waals surface area (Å²) >= 11 is 6.48. The lowest BCUT2D eigenvalue weighted by Crippen LogP contribution is -2.53. The van der Waals surface area contributed by atoms with Crippen molar-refractivity contribution in [2.75, 3.05) is 33.9 Å². The van der Waals surface area contributed by atoms with E-state index in [0.29, 0.717) is 42.1 Å². The molecular weight excluding hydrogens is 396 g/mol. The van der Waals surface area contributed by atoms with Crippen LogP contribution in [0.2, 0.25) is 0 Å². The van der Waals surface area contributed by atoms with Crippen molar-refractivity contribution in [2.24, 2.45) is 0 Å². The highest BCUT2D eigenvalue weighted by molar-refractivity contribution is 6.33. The zero-order chi connectivity index (χ0) is 21.8. The highest BCUT2D eigenvalue weighted by Gasteiger charge is 2.54. The number of nitrogens with zero attached hydrogens (tertiary/aromatic N) is 2. The van der Waals surface area contributed by atoms with E-state index in [1.54, 1.807) is 45.1 Å². The molecular formula is C21H29ClN2O5. The summed E-state index contributed by atoms with van der Waals surface area (Å²) in [5.74, 6) is 0.0155. The van der Waals surface area contributed by atoms with Gasteiger partial charge in [-0.05, 0) is 39.2 Å². The number of carbonyl (C=O) groups excluding carboxylic acids is 2. The second kappa shape index (κ2) is 9.61. The van der Waals surface area contributed by atoms with Gasteiger partial charge in [0.05, 0.1) is 19.3 Å². The molecule has 0 saturated carbocycles. The number of likely N-dealkylation sites (N-methyl/N-ethyl adjacent to an activating group) is 1. The number of halogens is 1. The maximum Gasteiger partial charge on any atom is 0.513 e. The van der Waals surface area contributed by atoms with Crippen LogP contribution in [0.1, 0.15) is 33.6 Å². The van der Waals surface area contributed by atoms with Crippen LogP contribution in [0.15, 0.2) is 46.2 Å². The lowest BCUT2D eigenvalue weighted by Gasteiger charge is -2.43. The van der Waals surface area contributed by atoms with Gasteiger partial charge in [-0.2, -0.15) is 5.06 Å². The molecule has 1 saturated heterocycles. The van der Waals surface area contributed by atoms with Gasteiger partial charge in [0.15, 0.2) is 5.76 Å². The second-order valence-electron chi connectivity index (χ2n) is 6.90. The fourth-order valence-electron chi connectivity index (χ4n) is 3.79. The summed E-state index contributed by atoms with van der Waals surface area (Å²) in [7, 11) is 3.33. The molecule has 7 nitrogen and oxygen atoms in total. The third-order valence-electron chi connectivity index (χ3n) is 5.51. The van der Waals surface area contributed by atoms with Crippen LogP contribution in [-0.4, -0.2) is 61.4 Å². The standard InChI is InChI=1S/C21H29ClN2O5/c1-7-14(4)16(15(22)8-2)17-18(29-20(26)28-9-3)21(23(5)19(17)25)10-12-24(27-6)13-11-21/h7-8H,1,9-13H2,2-6H3/b15-8+,16-14+. The highest BCUT2D eigenvalue weighted by Crippen LogP contribution is 2.47. The van der Waals surface area contributed by atoms with Crippen molar-refractivity contribution in [3.63, 3.8) is 0 Å². The van der Waals surface area contributed by atoms with Gasteiger partial charge >= 0.3 is 6.16 Å². The molecule has 0 atom stereocenters. The minimum absolute atomic E-state index is 0.166. The molecule has 0 unspecified atom stereocenters. The van der Waals surface area contributed by atoms with Crippen molar-refractivity contribution in [1.29, 1.82) is 0 Å². The predicted molar refractivity (Wildman–Crippen MR) is 111 cm³/mol. The number of carbonyl (C=O) groups is 2. The number of hydrogen-bond donors (Lipinski definition) is 0. The Bertz CT molecular complexity index is 776. The van der Waals surface area contributed by atoms with Crippen LogP contribution in [0.5, 0.6) is 0 Å². The third-order valence-corrected chi connectivity index (χ3v) is 5.92. The Hall–Kier alpha value is -2.09. The molecule has 2 aliphatic rings. The summed E-state index contributed by atoms with van der Waals surface area (Å²) < 4.78 is 10.7. The van der Waals surface area contributed by atoms with E-state index in [0.717, 1.165) is 0 Å². The number of hydroxylamine groups is 2. The summed E-state index contributed by atoms with van der Waals surface area (Å²) in [4.78, 5) is 32.6. The lowest BCUT2D eigenvalue weighted by molar-refractivity contribution is -0.162. The molecule has 0 aromatic rings. The smallest absolute Gasteiger partial charge is 0.434 e. The molecule has 1 spiro atoms. The third kappa shape index (κ3) is 4.27. The second-order valence-corrected chi connectivity index (χ2v) is 7.30.